The number of carboxylic acids is 1. The van der Waals surface area contributed by atoms with Crippen molar-refractivity contribution in [2.24, 2.45) is 0 Å². The van der Waals surface area contributed by atoms with Crippen molar-refractivity contribution in [3.63, 3.8) is 0 Å². The number of hydrogen-bond donors (Lipinski definition) is 2. The topological polar surface area (TPSA) is 128 Å². The van der Waals surface area contributed by atoms with E-state index in [2.05, 4.69) is 5.32 Å². The van der Waals surface area contributed by atoms with Gasteiger partial charge in [0.1, 0.15) is 18.1 Å². The van der Waals surface area contributed by atoms with Crippen molar-refractivity contribution in [3.8, 4) is 21.9 Å². The Morgan fingerprint density at radius 1 is 1.07 bits per heavy atom. The molecule has 2 N–H and O–H groups in total. The Bertz CT molecular complexity index is 1170. The van der Waals surface area contributed by atoms with E-state index >= 15 is 0 Å². The van der Waals surface area contributed by atoms with Gasteiger partial charge in [0.25, 0.3) is 11.6 Å². The number of nitrogens with one attached hydrogen (secondary N) is 1. The van der Waals surface area contributed by atoms with Gasteiger partial charge in [-0.05, 0) is 29.8 Å². The van der Waals surface area contributed by atoms with Crippen molar-refractivity contribution in [2.75, 3.05) is 18.5 Å². The van der Waals surface area contributed by atoms with E-state index in [4.69, 9.17) is 9.47 Å². The number of carboxylic acid groups (broad SMARTS) is 1. The number of fused-ring (bicyclic) bond motifs is 1. The minimum absolute atomic E-state index is 0.0811. The third kappa shape index (κ3) is 3.80. The van der Waals surface area contributed by atoms with E-state index in [9.17, 15) is 24.8 Å². The molecule has 2 heterocycles. The molecule has 0 bridgehead atoms. The second-order valence-electron chi connectivity index (χ2n) is 6.28. The fraction of sp³-hybridized carbons (Fsp3) is 0.100. The van der Waals surface area contributed by atoms with Crippen LogP contribution in [0, 0.1) is 10.1 Å². The average molecular weight is 426 g/mol. The second-order valence-corrected chi connectivity index (χ2v) is 7.33. The Morgan fingerprint density at radius 2 is 1.83 bits per heavy atom. The van der Waals surface area contributed by atoms with Crippen molar-refractivity contribution < 1.29 is 29.1 Å². The van der Waals surface area contributed by atoms with Crippen molar-refractivity contribution in [1.29, 1.82) is 0 Å². The summed E-state index contributed by atoms with van der Waals surface area (Å²) >= 11 is 0.920. The van der Waals surface area contributed by atoms with Gasteiger partial charge in [-0.15, -0.1) is 11.3 Å². The number of nitro groups is 1. The first-order valence-corrected chi connectivity index (χ1v) is 9.57. The molecule has 0 fully saturated rings. The van der Waals surface area contributed by atoms with Gasteiger partial charge in [0, 0.05) is 22.6 Å². The number of anilines is 1. The lowest BCUT2D eigenvalue weighted by Gasteiger charge is -2.18. The highest BCUT2D eigenvalue weighted by Gasteiger charge is 2.21. The summed E-state index contributed by atoms with van der Waals surface area (Å²) in [6.45, 7) is 0.800. The van der Waals surface area contributed by atoms with E-state index in [0.717, 1.165) is 11.3 Å². The zero-order valence-electron chi connectivity index (χ0n) is 15.3. The molecule has 0 atom stereocenters. The van der Waals surface area contributed by atoms with Crippen LogP contribution in [0.2, 0.25) is 0 Å². The number of aromatic carboxylic acids is 1. The average Bonchev–Trinajstić information content (AvgIpc) is 3.17. The molecule has 1 aliphatic rings. The largest absolute Gasteiger partial charge is 0.486 e. The fourth-order valence-corrected chi connectivity index (χ4v) is 3.89. The van der Waals surface area contributed by atoms with Crippen LogP contribution < -0.4 is 14.8 Å². The Morgan fingerprint density at radius 3 is 2.57 bits per heavy atom. The number of rotatable bonds is 5. The van der Waals surface area contributed by atoms with E-state index in [-0.39, 0.29) is 21.8 Å². The lowest BCUT2D eigenvalue weighted by molar-refractivity contribution is -0.384. The van der Waals surface area contributed by atoms with E-state index in [1.54, 1.807) is 18.2 Å². The van der Waals surface area contributed by atoms with Gasteiger partial charge in [-0.1, -0.05) is 12.1 Å². The maximum atomic E-state index is 12.7. The Hall–Kier alpha value is -3.92. The predicted molar refractivity (Wildman–Crippen MR) is 109 cm³/mol. The van der Waals surface area contributed by atoms with E-state index in [1.807, 2.05) is 0 Å². The van der Waals surface area contributed by atoms with Crippen LogP contribution in [0.15, 0.2) is 48.5 Å². The summed E-state index contributed by atoms with van der Waals surface area (Å²) in [5.41, 5.74) is 0.753. The number of ether oxygens (including phenoxy) is 2. The first-order chi connectivity index (χ1) is 14.4. The van der Waals surface area contributed by atoms with Crippen molar-refractivity contribution in [3.05, 3.63) is 69.1 Å². The molecule has 0 spiro atoms. The highest BCUT2D eigenvalue weighted by atomic mass is 32.1. The normalized spacial score (nSPS) is 12.3. The zero-order valence-corrected chi connectivity index (χ0v) is 16.1. The van der Waals surface area contributed by atoms with Crippen molar-refractivity contribution >= 4 is 34.6 Å². The molecule has 0 unspecified atom stereocenters. The molecule has 1 aliphatic heterocycles. The number of carbonyl (C=O) groups excluding carboxylic acids is 1. The second kappa shape index (κ2) is 7.84. The van der Waals surface area contributed by atoms with Gasteiger partial charge in [0.2, 0.25) is 0 Å². The monoisotopic (exact) mass is 426 g/mol. The zero-order chi connectivity index (χ0) is 21.3. The number of thiophene rings is 1. The molecule has 30 heavy (non-hydrogen) atoms. The Kier molecular flexibility index (Phi) is 5.07. The fourth-order valence-electron chi connectivity index (χ4n) is 2.94. The quantitative estimate of drug-likeness (QED) is 0.465. The molecular formula is C20H14N2O7S. The molecule has 10 heteroatoms. The number of hydrogen-bond acceptors (Lipinski definition) is 7. The van der Waals surface area contributed by atoms with Gasteiger partial charge in [-0.25, -0.2) is 4.79 Å². The van der Waals surface area contributed by atoms with E-state index in [1.165, 1.54) is 30.3 Å². The molecule has 1 amide bonds. The molecule has 1 aromatic heterocycles. The number of benzene rings is 2. The predicted octanol–water partition coefficient (Wildman–Crippen LogP) is 4.05. The van der Waals surface area contributed by atoms with E-state index in [0.29, 0.717) is 35.2 Å². The SMILES string of the molecule is O=C(Nc1cc(-c2cccc([N+](=O)[O-])c2)sc1C(=O)O)c1ccc2c(c1)OCCO2. The van der Waals surface area contributed by atoms with Crippen LogP contribution in [0.25, 0.3) is 10.4 Å². The third-order valence-electron chi connectivity index (χ3n) is 4.32. The van der Waals surface area contributed by atoms with Gasteiger partial charge in [0.05, 0.1) is 10.6 Å². The smallest absolute Gasteiger partial charge is 0.348 e. The highest BCUT2D eigenvalue weighted by Crippen LogP contribution is 2.37. The van der Waals surface area contributed by atoms with Crippen LogP contribution >= 0.6 is 11.3 Å². The third-order valence-corrected chi connectivity index (χ3v) is 5.49. The summed E-state index contributed by atoms with van der Waals surface area (Å²) in [5.74, 6) is -0.755. The molecule has 0 aliphatic carbocycles. The molecule has 0 saturated heterocycles. The van der Waals surface area contributed by atoms with E-state index < -0.39 is 16.8 Å². The number of non-ortho nitro benzene ring substituents is 1. The summed E-state index contributed by atoms with van der Waals surface area (Å²) in [4.78, 5) is 35.2. The molecule has 2 aromatic carbocycles. The molecule has 0 radical (unpaired) electrons. The molecule has 0 saturated carbocycles. The lowest BCUT2D eigenvalue weighted by Crippen LogP contribution is -2.17. The lowest BCUT2D eigenvalue weighted by atomic mass is 10.1. The molecule has 152 valence electrons. The minimum atomic E-state index is -1.21. The van der Waals surface area contributed by atoms with Crippen LogP contribution in [0.5, 0.6) is 11.5 Å². The maximum Gasteiger partial charge on any atom is 0.348 e. The Balaban J connectivity index is 1.64. The van der Waals surface area contributed by atoms with Gasteiger partial charge in [-0.2, -0.15) is 0 Å². The van der Waals surface area contributed by atoms with Crippen molar-refractivity contribution in [2.45, 2.75) is 0 Å². The minimum Gasteiger partial charge on any atom is -0.486 e. The standard InChI is InChI=1S/C20H14N2O7S/c23-19(12-4-5-15-16(9-12)29-7-6-28-15)21-14-10-17(30-18(14)20(24)25)11-2-1-3-13(8-11)22(26)27/h1-5,8-10H,6-7H2,(H,21,23)(H,24,25). The van der Waals surface area contributed by atoms with Gasteiger partial charge < -0.3 is 19.9 Å². The van der Waals surface area contributed by atoms with Crippen molar-refractivity contribution in [1.82, 2.24) is 0 Å². The van der Waals surface area contributed by atoms with Crippen LogP contribution in [0.3, 0.4) is 0 Å². The summed E-state index contributed by atoms with van der Waals surface area (Å²) in [5, 5.41) is 23.1. The van der Waals surface area contributed by atoms with Crippen LogP contribution in [-0.2, 0) is 0 Å². The maximum absolute atomic E-state index is 12.7. The summed E-state index contributed by atoms with van der Waals surface area (Å²) < 4.78 is 10.9. The molecule has 9 nitrogen and oxygen atoms in total. The van der Waals surface area contributed by atoms with Crippen LogP contribution in [-0.4, -0.2) is 35.1 Å². The van der Waals surface area contributed by atoms with Crippen LogP contribution in [0.1, 0.15) is 20.0 Å². The summed E-state index contributed by atoms with van der Waals surface area (Å²) in [6, 6.07) is 12.0. The summed E-state index contributed by atoms with van der Waals surface area (Å²) in [6.07, 6.45) is 0. The summed E-state index contributed by atoms with van der Waals surface area (Å²) in [7, 11) is 0. The number of amides is 1. The van der Waals surface area contributed by atoms with Gasteiger partial charge in [0.15, 0.2) is 11.5 Å². The molecule has 3 aromatic rings. The first kappa shape index (κ1) is 19.4. The number of nitrogens with zero attached hydrogens (tertiary/aromatic N) is 1. The Labute approximate surface area is 173 Å². The first-order valence-electron chi connectivity index (χ1n) is 8.75. The highest BCUT2D eigenvalue weighted by molar-refractivity contribution is 7.18. The van der Waals surface area contributed by atoms with Gasteiger partial charge in [-0.3, -0.25) is 14.9 Å². The molecular weight excluding hydrogens is 412 g/mol. The number of nitro benzene ring substituents is 1. The van der Waals surface area contributed by atoms with Crippen LogP contribution in [0.4, 0.5) is 11.4 Å². The molecule has 4 rings (SSSR count). The number of carbonyl (C=O) groups is 2. The van der Waals surface area contributed by atoms with Gasteiger partial charge >= 0.3 is 5.97 Å².